The summed E-state index contributed by atoms with van der Waals surface area (Å²) in [5.74, 6) is 1.24. The van der Waals surface area contributed by atoms with Crippen LogP contribution in [0, 0.1) is 0 Å². The van der Waals surface area contributed by atoms with Gasteiger partial charge >= 0.3 is 152 Å². The van der Waals surface area contributed by atoms with E-state index in [0.29, 0.717) is 27.4 Å². The van der Waals surface area contributed by atoms with E-state index in [1.807, 2.05) is 35.3 Å². The Bertz CT molecular complexity index is 864. The van der Waals surface area contributed by atoms with Crippen LogP contribution in [-0.2, 0) is 0 Å². The summed E-state index contributed by atoms with van der Waals surface area (Å²) in [7, 11) is 4.58. The van der Waals surface area contributed by atoms with Crippen molar-refractivity contribution in [2.24, 2.45) is 0 Å². The van der Waals surface area contributed by atoms with Gasteiger partial charge in [0, 0.05) is 0 Å². The molecular formula is C19H17NO4Se. The minimum atomic E-state index is -0.124. The second-order valence-corrected chi connectivity index (χ2v) is 6.95. The van der Waals surface area contributed by atoms with E-state index in [-0.39, 0.29) is 20.3 Å². The molecule has 3 rings (SSSR count). The van der Waals surface area contributed by atoms with Gasteiger partial charge in [-0.25, -0.2) is 0 Å². The van der Waals surface area contributed by atoms with Crippen molar-refractivity contribution in [3.63, 3.8) is 0 Å². The molecule has 0 bridgehead atoms. The van der Waals surface area contributed by atoms with Crippen LogP contribution in [0.15, 0.2) is 47.4 Å². The fraction of sp³-hybridized carbons (Fsp3) is 0.158. The van der Waals surface area contributed by atoms with Crippen LogP contribution >= 0.6 is 0 Å². The van der Waals surface area contributed by atoms with Gasteiger partial charge in [-0.3, -0.25) is 0 Å². The van der Waals surface area contributed by atoms with Gasteiger partial charge in [0.2, 0.25) is 0 Å². The molecule has 1 heterocycles. The standard InChI is InChI=1S/C19H17NO4Se/c1-22-15-9-13(10-16(23-2)18(15)24-3)17(21)19-20-14(11-25-19)12-7-5-4-6-8-12/h4-11H,1-3H3. The van der Waals surface area contributed by atoms with Crippen LogP contribution in [0.1, 0.15) is 14.9 Å². The molecule has 3 aromatic rings. The number of ether oxygens (including phenoxy) is 3. The number of ketones is 1. The van der Waals surface area contributed by atoms with Gasteiger partial charge in [0.25, 0.3) is 0 Å². The first-order valence-electron chi connectivity index (χ1n) is 7.53. The quantitative estimate of drug-likeness (QED) is 0.469. The molecule has 0 N–H and O–H groups in total. The molecule has 0 radical (unpaired) electrons. The molecule has 0 spiro atoms. The van der Waals surface area contributed by atoms with Crippen LogP contribution in [0.4, 0.5) is 0 Å². The first-order chi connectivity index (χ1) is 12.2. The molecule has 1 aromatic heterocycles. The summed E-state index contributed by atoms with van der Waals surface area (Å²) in [5, 5.41) is 0. The second-order valence-electron chi connectivity index (χ2n) is 5.15. The number of hydrogen-bond acceptors (Lipinski definition) is 5. The first kappa shape index (κ1) is 17.3. The van der Waals surface area contributed by atoms with Gasteiger partial charge < -0.3 is 0 Å². The van der Waals surface area contributed by atoms with Crippen molar-refractivity contribution >= 4 is 20.3 Å². The van der Waals surface area contributed by atoms with Gasteiger partial charge in [-0.1, -0.05) is 0 Å². The van der Waals surface area contributed by atoms with Crippen LogP contribution in [0.2, 0.25) is 0 Å². The van der Waals surface area contributed by atoms with Gasteiger partial charge in [0.05, 0.1) is 0 Å². The number of carbonyl (C=O) groups is 1. The number of carbonyl (C=O) groups excluding carboxylic acids is 1. The van der Waals surface area contributed by atoms with Gasteiger partial charge in [-0.05, 0) is 0 Å². The van der Waals surface area contributed by atoms with Crippen molar-refractivity contribution in [1.29, 1.82) is 0 Å². The van der Waals surface area contributed by atoms with E-state index in [0.717, 1.165) is 11.3 Å². The van der Waals surface area contributed by atoms with E-state index in [1.54, 1.807) is 12.1 Å². The molecule has 5 nitrogen and oxygen atoms in total. The van der Waals surface area contributed by atoms with Crippen LogP contribution < -0.4 is 14.2 Å². The molecule has 6 heteroatoms. The average molecular weight is 402 g/mol. The van der Waals surface area contributed by atoms with E-state index in [1.165, 1.54) is 21.3 Å². The third-order valence-electron chi connectivity index (χ3n) is 3.69. The number of aromatic nitrogens is 1. The number of hydrogen-bond donors (Lipinski definition) is 0. The van der Waals surface area contributed by atoms with Crippen LogP contribution in [0.5, 0.6) is 17.2 Å². The molecule has 0 aliphatic carbocycles. The van der Waals surface area contributed by atoms with E-state index in [9.17, 15) is 4.79 Å². The molecule has 0 amide bonds. The van der Waals surface area contributed by atoms with Crippen LogP contribution in [-0.4, -0.2) is 46.6 Å². The predicted octanol–water partition coefficient (Wildman–Crippen LogP) is 3.06. The van der Waals surface area contributed by atoms with Crippen molar-refractivity contribution in [1.82, 2.24) is 4.98 Å². The molecule has 0 atom stereocenters. The Kier molecular flexibility index (Phi) is 5.22. The topological polar surface area (TPSA) is 57.7 Å². The van der Waals surface area contributed by atoms with E-state index in [2.05, 4.69) is 4.98 Å². The molecule has 0 aliphatic rings. The summed E-state index contributed by atoms with van der Waals surface area (Å²) in [4.78, 5) is 19.4. The monoisotopic (exact) mass is 403 g/mol. The van der Waals surface area contributed by atoms with E-state index < -0.39 is 0 Å². The molecule has 2 aromatic carbocycles. The zero-order valence-electron chi connectivity index (χ0n) is 14.1. The van der Waals surface area contributed by atoms with Crippen molar-refractivity contribution in [2.45, 2.75) is 0 Å². The SMILES string of the molecule is COc1cc(C(=O)c2nc(-c3ccccc3)c[se]2)cc(OC)c1OC. The third-order valence-corrected chi connectivity index (χ3v) is 5.46. The summed E-state index contributed by atoms with van der Waals surface area (Å²) in [6.07, 6.45) is 0. The molecule has 0 unspecified atom stereocenters. The molecule has 0 saturated heterocycles. The summed E-state index contributed by atoms with van der Waals surface area (Å²) >= 11 is -0.108. The van der Waals surface area contributed by atoms with Gasteiger partial charge in [-0.2, -0.15) is 0 Å². The zero-order valence-corrected chi connectivity index (χ0v) is 15.8. The van der Waals surface area contributed by atoms with Crippen molar-refractivity contribution in [3.8, 4) is 28.5 Å². The molecule has 128 valence electrons. The fourth-order valence-corrected chi connectivity index (χ4v) is 4.11. The number of benzene rings is 2. The maximum atomic E-state index is 12.9. The normalized spacial score (nSPS) is 10.4. The molecule has 0 aliphatic heterocycles. The van der Waals surface area contributed by atoms with Crippen molar-refractivity contribution in [2.75, 3.05) is 21.3 Å². The van der Waals surface area contributed by atoms with Gasteiger partial charge in [-0.15, -0.1) is 0 Å². The average Bonchev–Trinajstić information content (AvgIpc) is 3.17. The zero-order chi connectivity index (χ0) is 17.8. The number of nitrogens with zero attached hydrogens (tertiary/aromatic N) is 1. The van der Waals surface area contributed by atoms with Crippen LogP contribution in [0.3, 0.4) is 0 Å². The van der Waals surface area contributed by atoms with Gasteiger partial charge in [0.1, 0.15) is 0 Å². The summed E-state index contributed by atoms with van der Waals surface area (Å²) in [6.45, 7) is 0. The Hall–Kier alpha value is -2.56. The number of methoxy groups -OCH3 is 3. The molecule has 0 fully saturated rings. The van der Waals surface area contributed by atoms with Crippen molar-refractivity contribution < 1.29 is 19.0 Å². The van der Waals surface area contributed by atoms with Crippen molar-refractivity contribution in [3.05, 3.63) is 57.5 Å². The number of rotatable bonds is 6. The van der Waals surface area contributed by atoms with Crippen LogP contribution in [0.25, 0.3) is 11.3 Å². The Morgan fingerprint density at radius 3 is 2.16 bits per heavy atom. The summed E-state index contributed by atoms with van der Waals surface area (Å²) in [6, 6.07) is 13.1. The summed E-state index contributed by atoms with van der Waals surface area (Å²) < 4.78 is 16.5. The fourth-order valence-electron chi connectivity index (χ4n) is 2.46. The Morgan fingerprint density at radius 1 is 0.960 bits per heavy atom. The van der Waals surface area contributed by atoms with Gasteiger partial charge in [0.15, 0.2) is 0 Å². The Balaban J connectivity index is 1.97. The van der Waals surface area contributed by atoms with E-state index in [4.69, 9.17) is 14.2 Å². The second kappa shape index (κ2) is 7.55. The minimum absolute atomic E-state index is 0.108. The molecule has 0 saturated carbocycles. The Labute approximate surface area is 151 Å². The molecular weight excluding hydrogens is 385 g/mol. The maximum absolute atomic E-state index is 12.9. The summed E-state index contributed by atoms with van der Waals surface area (Å²) in [5.41, 5.74) is 2.33. The predicted molar refractivity (Wildman–Crippen MR) is 96.1 cm³/mol. The first-order valence-corrected chi connectivity index (χ1v) is 9.38. The molecule has 25 heavy (non-hydrogen) atoms. The third kappa shape index (κ3) is 3.45. The van der Waals surface area contributed by atoms with E-state index >= 15 is 0 Å². The Morgan fingerprint density at radius 2 is 1.60 bits per heavy atom.